The molecule has 2 aromatic rings. The van der Waals surface area contributed by atoms with Gasteiger partial charge in [0, 0.05) is 24.3 Å². The van der Waals surface area contributed by atoms with E-state index in [1.807, 2.05) is 26.0 Å². The molecule has 0 spiro atoms. The zero-order valence-corrected chi connectivity index (χ0v) is 12.0. The minimum atomic E-state index is -0.302. The summed E-state index contributed by atoms with van der Waals surface area (Å²) in [4.78, 5) is 16.4. The largest absolute Gasteiger partial charge is 0.394 e. The molecule has 0 aliphatic carbocycles. The van der Waals surface area contributed by atoms with Gasteiger partial charge < -0.3 is 10.4 Å². The summed E-state index contributed by atoms with van der Waals surface area (Å²) in [6, 6.07) is 7.01. The average Bonchev–Trinajstić information content (AvgIpc) is 2.49. The number of hydrogen-bond acceptors (Lipinski definition) is 4. The Bertz CT molecular complexity index is 624. The Balaban J connectivity index is 2.24. The van der Waals surface area contributed by atoms with E-state index in [2.05, 4.69) is 10.3 Å². The highest BCUT2D eigenvalue weighted by molar-refractivity contribution is 5.37. The smallest absolute Gasteiger partial charge is 0.258 e. The summed E-state index contributed by atoms with van der Waals surface area (Å²) in [6.07, 6.45) is 3.36. The lowest BCUT2D eigenvalue weighted by Crippen LogP contribution is -2.47. The van der Waals surface area contributed by atoms with Crippen LogP contribution in [0, 0.1) is 0 Å². The van der Waals surface area contributed by atoms with Crippen LogP contribution in [0.25, 0.3) is 5.65 Å². The molecule has 5 heteroatoms. The van der Waals surface area contributed by atoms with E-state index >= 15 is 0 Å². The van der Waals surface area contributed by atoms with E-state index in [1.54, 1.807) is 12.3 Å². The predicted molar refractivity (Wildman–Crippen MR) is 78.7 cm³/mol. The maximum atomic E-state index is 12.0. The monoisotopic (exact) mass is 275 g/mol. The van der Waals surface area contributed by atoms with Crippen molar-refractivity contribution >= 4 is 5.65 Å². The van der Waals surface area contributed by atoms with Crippen LogP contribution in [-0.4, -0.2) is 26.6 Å². The highest BCUT2D eigenvalue weighted by atomic mass is 16.3. The van der Waals surface area contributed by atoms with Crippen molar-refractivity contribution in [2.75, 3.05) is 6.61 Å². The molecule has 0 unspecified atom stereocenters. The molecule has 20 heavy (non-hydrogen) atoms. The Morgan fingerprint density at radius 2 is 2.10 bits per heavy atom. The van der Waals surface area contributed by atoms with Crippen LogP contribution in [-0.2, 0) is 6.54 Å². The molecular weight excluding hydrogens is 254 g/mol. The third-order valence-corrected chi connectivity index (χ3v) is 3.92. The fourth-order valence-electron chi connectivity index (χ4n) is 2.25. The van der Waals surface area contributed by atoms with Gasteiger partial charge in [-0.1, -0.05) is 19.9 Å². The first-order valence-corrected chi connectivity index (χ1v) is 6.97. The molecule has 2 rings (SSSR count). The van der Waals surface area contributed by atoms with Crippen molar-refractivity contribution in [1.82, 2.24) is 14.7 Å². The van der Waals surface area contributed by atoms with Crippen molar-refractivity contribution < 1.29 is 5.11 Å². The van der Waals surface area contributed by atoms with Crippen molar-refractivity contribution in [3.8, 4) is 0 Å². The van der Waals surface area contributed by atoms with Gasteiger partial charge in [-0.15, -0.1) is 0 Å². The third-order valence-electron chi connectivity index (χ3n) is 3.92. The van der Waals surface area contributed by atoms with Gasteiger partial charge in [0.05, 0.1) is 12.3 Å². The van der Waals surface area contributed by atoms with Crippen LogP contribution >= 0.6 is 0 Å². The van der Waals surface area contributed by atoms with E-state index in [9.17, 15) is 9.90 Å². The summed E-state index contributed by atoms with van der Waals surface area (Å²) in [6.45, 7) is 4.63. The molecule has 0 fully saturated rings. The summed E-state index contributed by atoms with van der Waals surface area (Å²) in [5, 5.41) is 12.9. The standard InChI is InChI=1S/C15H21N3O2/c1-3-15(4-2,11-19)16-10-12-9-14(20)18-8-6-5-7-13(18)17-12/h5-9,16,19H,3-4,10-11H2,1-2H3. The molecule has 0 atom stereocenters. The maximum Gasteiger partial charge on any atom is 0.258 e. The second-order valence-electron chi connectivity index (χ2n) is 5.01. The first-order chi connectivity index (χ1) is 9.64. The highest BCUT2D eigenvalue weighted by Crippen LogP contribution is 2.14. The average molecular weight is 275 g/mol. The van der Waals surface area contributed by atoms with Gasteiger partial charge in [0.1, 0.15) is 5.65 Å². The molecule has 108 valence electrons. The van der Waals surface area contributed by atoms with Crippen molar-refractivity contribution in [3.63, 3.8) is 0 Å². The molecule has 0 amide bonds. The lowest BCUT2D eigenvalue weighted by molar-refractivity contribution is 0.149. The first kappa shape index (κ1) is 14.7. The molecule has 0 radical (unpaired) electrons. The van der Waals surface area contributed by atoms with E-state index in [0.29, 0.717) is 17.9 Å². The maximum absolute atomic E-state index is 12.0. The van der Waals surface area contributed by atoms with Gasteiger partial charge in [-0.25, -0.2) is 4.98 Å². The van der Waals surface area contributed by atoms with Crippen LogP contribution in [0.4, 0.5) is 0 Å². The molecule has 2 aromatic heterocycles. The van der Waals surface area contributed by atoms with Crippen LogP contribution in [0.2, 0.25) is 0 Å². The van der Waals surface area contributed by atoms with Crippen LogP contribution in [0.1, 0.15) is 32.4 Å². The van der Waals surface area contributed by atoms with Gasteiger partial charge in [-0.2, -0.15) is 0 Å². The minimum Gasteiger partial charge on any atom is -0.394 e. The topological polar surface area (TPSA) is 66.6 Å². The Labute approximate surface area is 118 Å². The van der Waals surface area contributed by atoms with Gasteiger partial charge in [0.25, 0.3) is 5.56 Å². The molecule has 2 N–H and O–H groups in total. The predicted octanol–water partition coefficient (Wildman–Crippen LogP) is 1.34. The van der Waals surface area contributed by atoms with E-state index in [4.69, 9.17) is 0 Å². The van der Waals surface area contributed by atoms with E-state index in [-0.39, 0.29) is 17.7 Å². The molecule has 0 bridgehead atoms. The fourth-order valence-corrected chi connectivity index (χ4v) is 2.25. The number of nitrogens with one attached hydrogen (secondary N) is 1. The zero-order chi connectivity index (χ0) is 14.6. The number of pyridine rings is 1. The van der Waals surface area contributed by atoms with Crippen LogP contribution in [0.5, 0.6) is 0 Å². The Hall–Kier alpha value is -1.72. The third kappa shape index (κ3) is 2.89. The number of aliphatic hydroxyl groups is 1. The SMILES string of the molecule is CCC(CC)(CO)NCc1cc(=O)n2ccccc2n1. The van der Waals surface area contributed by atoms with Gasteiger partial charge >= 0.3 is 0 Å². The molecule has 0 aliphatic heterocycles. The molecular formula is C15H21N3O2. The summed E-state index contributed by atoms with van der Waals surface area (Å²) in [5.41, 5.74) is 0.944. The van der Waals surface area contributed by atoms with E-state index < -0.39 is 0 Å². The van der Waals surface area contributed by atoms with Gasteiger partial charge in [0.15, 0.2) is 0 Å². The van der Waals surface area contributed by atoms with Crippen molar-refractivity contribution in [2.45, 2.75) is 38.8 Å². The molecule has 0 aliphatic rings. The summed E-state index contributed by atoms with van der Waals surface area (Å²) >= 11 is 0. The number of rotatable bonds is 6. The molecule has 0 saturated heterocycles. The Morgan fingerprint density at radius 1 is 1.35 bits per heavy atom. The quantitative estimate of drug-likeness (QED) is 0.835. The Morgan fingerprint density at radius 3 is 2.75 bits per heavy atom. The zero-order valence-electron chi connectivity index (χ0n) is 12.0. The van der Waals surface area contributed by atoms with Crippen LogP contribution < -0.4 is 10.9 Å². The van der Waals surface area contributed by atoms with Crippen molar-refractivity contribution in [2.24, 2.45) is 0 Å². The Kier molecular flexibility index (Phi) is 4.52. The van der Waals surface area contributed by atoms with E-state index in [0.717, 1.165) is 12.8 Å². The fraction of sp³-hybridized carbons (Fsp3) is 0.467. The second-order valence-corrected chi connectivity index (χ2v) is 5.01. The van der Waals surface area contributed by atoms with Gasteiger partial charge in [0.2, 0.25) is 0 Å². The lowest BCUT2D eigenvalue weighted by Gasteiger charge is -2.30. The molecule has 2 heterocycles. The lowest BCUT2D eigenvalue weighted by atomic mass is 9.94. The van der Waals surface area contributed by atoms with E-state index in [1.165, 1.54) is 10.5 Å². The number of aliphatic hydroxyl groups excluding tert-OH is 1. The highest BCUT2D eigenvalue weighted by Gasteiger charge is 2.24. The van der Waals surface area contributed by atoms with Gasteiger partial charge in [-0.05, 0) is 25.0 Å². The van der Waals surface area contributed by atoms with Crippen molar-refractivity contribution in [1.29, 1.82) is 0 Å². The minimum absolute atomic E-state index is 0.0760. The first-order valence-electron chi connectivity index (χ1n) is 6.97. The normalized spacial score (nSPS) is 11.9. The number of nitrogens with zero attached hydrogens (tertiary/aromatic N) is 2. The summed E-state index contributed by atoms with van der Waals surface area (Å²) < 4.78 is 1.52. The molecule has 5 nitrogen and oxygen atoms in total. The summed E-state index contributed by atoms with van der Waals surface area (Å²) in [7, 11) is 0. The number of aromatic nitrogens is 2. The van der Waals surface area contributed by atoms with Crippen LogP contribution in [0.15, 0.2) is 35.3 Å². The van der Waals surface area contributed by atoms with Gasteiger partial charge in [-0.3, -0.25) is 9.20 Å². The second kappa shape index (κ2) is 6.15. The summed E-state index contributed by atoms with van der Waals surface area (Å²) in [5.74, 6) is 0. The molecule has 0 saturated carbocycles. The van der Waals surface area contributed by atoms with Crippen LogP contribution in [0.3, 0.4) is 0 Å². The number of hydrogen-bond donors (Lipinski definition) is 2. The number of fused-ring (bicyclic) bond motifs is 1. The van der Waals surface area contributed by atoms with Crippen molar-refractivity contribution in [3.05, 3.63) is 46.5 Å². The molecule has 0 aromatic carbocycles.